The highest BCUT2D eigenvalue weighted by Gasteiger charge is 2.19. The quantitative estimate of drug-likeness (QED) is 0.606. The Hall–Kier alpha value is -1.70. The maximum Gasteiger partial charge on any atom is 0.126 e. The molecular weight excluding hydrogens is 302 g/mol. The van der Waals surface area contributed by atoms with Crippen LogP contribution in [0.1, 0.15) is 54.9 Å². The van der Waals surface area contributed by atoms with Crippen LogP contribution in [-0.4, -0.2) is 0 Å². The maximum absolute atomic E-state index is 14.3. The molecule has 1 aliphatic rings. The molecule has 0 nitrogen and oxygen atoms in total. The van der Waals surface area contributed by atoms with E-state index in [0.29, 0.717) is 5.92 Å². The summed E-state index contributed by atoms with van der Waals surface area (Å²) < 4.78 is 27.7. The number of benzene rings is 2. The number of rotatable bonds is 6. The van der Waals surface area contributed by atoms with Crippen molar-refractivity contribution in [1.82, 2.24) is 0 Å². The molecule has 3 rings (SSSR count). The molecule has 1 unspecified atom stereocenters. The predicted octanol–water partition coefficient (Wildman–Crippen LogP) is 6.05. The van der Waals surface area contributed by atoms with Crippen LogP contribution in [0.2, 0.25) is 0 Å². The average molecular weight is 328 g/mol. The van der Waals surface area contributed by atoms with E-state index in [2.05, 4.69) is 13.0 Å². The summed E-state index contributed by atoms with van der Waals surface area (Å²) >= 11 is 0. The molecule has 0 N–H and O–H groups in total. The first-order chi connectivity index (χ1) is 11.7. The van der Waals surface area contributed by atoms with Gasteiger partial charge in [0.05, 0.1) is 0 Å². The van der Waals surface area contributed by atoms with Crippen LogP contribution in [0, 0.1) is 17.6 Å². The molecule has 2 aromatic carbocycles. The van der Waals surface area contributed by atoms with Crippen molar-refractivity contribution >= 4 is 0 Å². The van der Waals surface area contributed by atoms with Gasteiger partial charge in [-0.05, 0) is 91.3 Å². The Morgan fingerprint density at radius 3 is 2.67 bits per heavy atom. The summed E-state index contributed by atoms with van der Waals surface area (Å²) in [4.78, 5) is 0. The number of aryl methyl sites for hydroxylation is 3. The van der Waals surface area contributed by atoms with E-state index in [-0.39, 0.29) is 11.6 Å². The summed E-state index contributed by atoms with van der Waals surface area (Å²) in [7, 11) is 0. The van der Waals surface area contributed by atoms with Gasteiger partial charge in [0.1, 0.15) is 11.6 Å². The topological polar surface area (TPSA) is 0 Å². The van der Waals surface area contributed by atoms with E-state index < -0.39 is 0 Å². The molecule has 128 valence electrons. The Balaban J connectivity index is 1.58. The normalized spacial score (nSPS) is 16.9. The van der Waals surface area contributed by atoms with Crippen molar-refractivity contribution < 1.29 is 8.78 Å². The molecule has 1 atom stereocenters. The van der Waals surface area contributed by atoms with E-state index in [0.717, 1.165) is 68.1 Å². The first kappa shape index (κ1) is 17.1. The largest absolute Gasteiger partial charge is 0.207 e. The molecule has 0 aliphatic heterocycles. The van der Waals surface area contributed by atoms with E-state index in [1.165, 1.54) is 5.56 Å². The maximum atomic E-state index is 14.3. The summed E-state index contributed by atoms with van der Waals surface area (Å²) in [6.45, 7) is 2.15. The lowest BCUT2D eigenvalue weighted by molar-refractivity contribution is 0.422. The minimum atomic E-state index is -0.150. The monoisotopic (exact) mass is 328 g/mol. The lowest BCUT2D eigenvalue weighted by Gasteiger charge is -2.24. The van der Waals surface area contributed by atoms with Crippen molar-refractivity contribution in [3.8, 4) is 0 Å². The standard InChI is InChI=1S/C22H26F2/c1-2-3-4-16-6-9-19(22(24)14-16)10-7-17-5-8-18-11-12-21(23)15-20(18)13-17/h6,9,11-12,14-15,17H,2-5,7-8,10,13H2,1H3. The van der Waals surface area contributed by atoms with Crippen LogP contribution in [0.15, 0.2) is 36.4 Å². The average Bonchev–Trinajstić information content (AvgIpc) is 2.58. The highest BCUT2D eigenvalue weighted by Crippen LogP contribution is 2.29. The van der Waals surface area contributed by atoms with Crippen LogP contribution in [0.3, 0.4) is 0 Å². The van der Waals surface area contributed by atoms with Gasteiger partial charge in [0.2, 0.25) is 0 Å². The predicted molar refractivity (Wildman–Crippen MR) is 95.2 cm³/mol. The molecule has 0 radical (unpaired) electrons. The molecule has 0 fully saturated rings. The zero-order chi connectivity index (χ0) is 16.9. The van der Waals surface area contributed by atoms with Gasteiger partial charge in [-0.25, -0.2) is 8.78 Å². The highest BCUT2D eigenvalue weighted by molar-refractivity contribution is 5.31. The first-order valence-corrected chi connectivity index (χ1v) is 9.20. The lowest BCUT2D eigenvalue weighted by Crippen LogP contribution is -2.15. The first-order valence-electron chi connectivity index (χ1n) is 9.20. The molecule has 0 saturated carbocycles. The van der Waals surface area contributed by atoms with Gasteiger partial charge in [0.15, 0.2) is 0 Å². The van der Waals surface area contributed by atoms with Gasteiger partial charge in [-0.3, -0.25) is 0 Å². The summed E-state index contributed by atoms with van der Waals surface area (Å²) in [5.74, 6) is 0.312. The minimum absolute atomic E-state index is 0.0640. The van der Waals surface area contributed by atoms with Gasteiger partial charge < -0.3 is 0 Å². The van der Waals surface area contributed by atoms with Crippen LogP contribution in [-0.2, 0) is 25.7 Å². The molecule has 0 amide bonds. The van der Waals surface area contributed by atoms with Crippen molar-refractivity contribution in [3.05, 3.63) is 70.3 Å². The van der Waals surface area contributed by atoms with Gasteiger partial charge in [0, 0.05) is 0 Å². The Labute approximate surface area is 143 Å². The van der Waals surface area contributed by atoms with Crippen molar-refractivity contribution in [1.29, 1.82) is 0 Å². The smallest absolute Gasteiger partial charge is 0.126 e. The Kier molecular flexibility index (Phi) is 5.65. The van der Waals surface area contributed by atoms with Gasteiger partial charge >= 0.3 is 0 Å². The molecule has 2 heteroatoms. The third-order valence-corrected chi connectivity index (χ3v) is 5.26. The molecule has 0 saturated heterocycles. The summed E-state index contributed by atoms with van der Waals surface area (Å²) in [5, 5.41) is 0. The van der Waals surface area contributed by atoms with Gasteiger partial charge in [0.25, 0.3) is 0 Å². The molecule has 0 heterocycles. The van der Waals surface area contributed by atoms with Crippen LogP contribution >= 0.6 is 0 Å². The second-order valence-electron chi connectivity index (χ2n) is 7.09. The fraction of sp³-hybridized carbons (Fsp3) is 0.455. The molecule has 1 aliphatic carbocycles. The fourth-order valence-corrected chi connectivity index (χ4v) is 3.74. The Bertz CT molecular complexity index is 690. The molecule has 0 bridgehead atoms. The van der Waals surface area contributed by atoms with Crippen LogP contribution in [0.5, 0.6) is 0 Å². The Morgan fingerprint density at radius 2 is 1.88 bits per heavy atom. The van der Waals surface area contributed by atoms with E-state index in [1.807, 2.05) is 12.1 Å². The SMILES string of the molecule is CCCCc1ccc(CCC2CCc3ccc(F)cc3C2)c(F)c1. The fourth-order valence-electron chi connectivity index (χ4n) is 3.74. The van der Waals surface area contributed by atoms with Gasteiger partial charge in [-0.15, -0.1) is 0 Å². The summed E-state index contributed by atoms with van der Waals surface area (Å²) in [6.07, 6.45) is 8.00. The summed E-state index contributed by atoms with van der Waals surface area (Å²) in [6, 6.07) is 10.9. The van der Waals surface area contributed by atoms with Crippen molar-refractivity contribution in [3.63, 3.8) is 0 Å². The lowest BCUT2D eigenvalue weighted by atomic mass is 9.81. The van der Waals surface area contributed by atoms with Gasteiger partial charge in [-0.2, -0.15) is 0 Å². The Morgan fingerprint density at radius 1 is 1.00 bits per heavy atom. The number of hydrogen-bond donors (Lipinski definition) is 0. The van der Waals surface area contributed by atoms with E-state index in [1.54, 1.807) is 18.2 Å². The number of hydrogen-bond acceptors (Lipinski definition) is 0. The van der Waals surface area contributed by atoms with E-state index in [9.17, 15) is 8.78 Å². The summed E-state index contributed by atoms with van der Waals surface area (Å²) in [5.41, 5.74) is 4.33. The van der Waals surface area contributed by atoms with Crippen LogP contribution < -0.4 is 0 Å². The third kappa shape index (κ3) is 4.23. The number of halogens is 2. The van der Waals surface area contributed by atoms with E-state index in [4.69, 9.17) is 0 Å². The highest BCUT2D eigenvalue weighted by atomic mass is 19.1. The van der Waals surface area contributed by atoms with Crippen molar-refractivity contribution in [2.75, 3.05) is 0 Å². The zero-order valence-corrected chi connectivity index (χ0v) is 14.5. The zero-order valence-electron chi connectivity index (χ0n) is 14.5. The molecule has 0 aromatic heterocycles. The van der Waals surface area contributed by atoms with Gasteiger partial charge in [-0.1, -0.05) is 31.5 Å². The van der Waals surface area contributed by atoms with Crippen LogP contribution in [0.4, 0.5) is 8.78 Å². The van der Waals surface area contributed by atoms with Crippen molar-refractivity contribution in [2.24, 2.45) is 5.92 Å². The second-order valence-corrected chi connectivity index (χ2v) is 7.09. The van der Waals surface area contributed by atoms with Crippen molar-refractivity contribution in [2.45, 2.75) is 58.3 Å². The molecule has 2 aromatic rings. The number of unbranched alkanes of at least 4 members (excludes halogenated alkanes) is 1. The minimum Gasteiger partial charge on any atom is -0.207 e. The molecule has 24 heavy (non-hydrogen) atoms. The molecule has 0 spiro atoms. The van der Waals surface area contributed by atoms with E-state index >= 15 is 0 Å². The number of fused-ring (bicyclic) bond motifs is 1. The second kappa shape index (κ2) is 7.92. The molecular formula is C22H26F2. The van der Waals surface area contributed by atoms with Crippen LogP contribution in [0.25, 0.3) is 0 Å². The third-order valence-electron chi connectivity index (χ3n) is 5.26.